The van der Waals surface area contributed by atoms with Crippen molar-refractivity contribution in [3.8, 4) is 6.07 Å². The van der Waals surface area contributed by atoms with Crippen molar-refractivity contribution in [3.63, 3.8) is 0 Å². The fourth-order valence-corrected chi connectivity index (χ4v) is 3.54. The van der Waals surface area contributed by atoms with Gasteiger partial charge in [-0.1, -0.05) is 19.3 Å². The number of nitriles is 1. The molecular weight excluding hydrogens is 248 g/mol. The molecule has 0 N–H and O–H groups in total. The van der Waals surface area contributed by atoms with Gasteiger partial charge in [0, 0.05) is 19.3 Å². The van der Waals surface area contributed by atoms with Crippen LogP contribution in [0, 0.1) is 17.2 Å². The lowest BCUT2D eigenvalue weighted by Gasteiger charge is -2.28. The maximum atomic E-state index is 9.05. The first kappa shape index (κ1) is 13.6. The lowest BCUT2D eigenvalue weighted by molar-refractivity contribution is 0.189. The zero-order valence-electron chi connectivity index (χ0n) is 12.2. The molecule has 1 aromatic heterocycles. The van der Waals surface area contributed by atoms with Crippen LogP contribution in [0.2, 0.25) is 0 Å². The number of hydrogen-bond donors (Lipinski definition) is 0. The van der Waals surface area contributed by atoms with Gasteiger partial charge in [0.25, 0.3) is 0 Å². The number of nitrogens with zero attached hydrogens (tertiary/aromatic N) is 4. The molecule has 4 heteroatoms. The number of likely N-dealkylation sites (tertiary alicyclic amines) is 1. The van der Waals surface area contributed by atoms with Crippen molar-refractivity contribution >= 4 is 0 Å². The summed E-state index contributed by atoms with van der Waals surface area (Å²) in [5.41, 5.74) is 1.16. The molecule has 0 spiro atoms. The molecule has 0 aromatic carbocycles. The van der Waals surface area contributed by atoms with E-state index in [1.54, 1.807) is 0 Å². The summed E-state index contributed by atoms with van der Waals surface area (Å²) in [6.45, 7) is 2.92. The van der Waals surface area contributed by atoms with Gasteiger partial charge in [-0.3, -0.25) is 9.58 Å². The molecular formula is C16H24N4. The molecule has 2 aliphatic rings. The highest BCUT2D eigenvalue weighted by Gasteiger charge is 2.21. The second-order valence-electron chi connectivity index (χ2n) is 6.28. The highest BCUT2D eigenvalue weighted by molar-refractivity contribution is 5.01. The Balaban J connectivity index is 1.58. The van der Waals surface area contributed by atoms with Crippen LogP contribution in [0.15, 0.2) is 12.3 Å². The monoisotopic (exact) mass is 272 g/mol. The van der Waals surface area contributed by atoms with Crippen molar-refractivity contribution in [2.45, 2.75) is 57.5 Å². The summed E-state index contributed by atoms with van der Waals surface area (Å²) >= 11 is 0. The zero-order valence-corrected chi connectivity index (χ0v) is 12.2. The molecule has 4 nitrogen and oxygen atoms in total. The number of piperidine rings is 1. The van der Waals surface area contributed by atoms with Gasteiger partial charge in [0.05, 0.1) is 23.7 Å². The van der Waals surface area contributed by atoms with E-state index in [-0.39, 0.29) is 5.92 Å². The third kappa shape index (κ3) is 3.21. The minimum absolute atomic E-state index is 0.212. The predicted octanol–water partition coefficient (Wildman–Crippen LogP) is 3.12. The molecule has 0 radical (unpaired) electrons. The van der Waals surface area contributed by atoms with Crippen molar-refractivity contribution in [3.05, 3.63) is 18.0 Å². The van der Waals surface area contributed by atoms with Crippen LogP contribution in [-0.2, 0) is 6.54 Å². The summed E-state index contributed by atoms with van der Waals surface area (Å²) in [7, 11) is 0. The Kier molecular flexibility index (Phi) is 4.37. The largest absolute Gasteiger partial charge is 0.296 e. The van der Waals surface area contributed by atoms with Crippen molar-refractivity contribution in [1.29, 1.82) is 5.26 Å². The van der Waals surface area contributed by atoms with E-state index in [1.807, 2.05) is 0 Å². The maximum absolute atomic E-state index is 9.05. The van der Waals surface area contributed by atoms with Gasteiger partial charge in [-0.25, -0.2) is 0 Å². The first-order valence-corrected chi connectivity index (χ1v) is 8.01. The summed E-state index contributed by atoms with van der Waals surface area (Å²) in [5.74, 6) is 0.212. The second-order valence-corrected chi connectivity index (χ2v) is 6.28. The lowest BCUT2D eigenvalue weighted by Crippen LogP contribution is -2.34. The lowest BCUT2D eigenvalue weighted by atomic mass is 9.96. The van der Waals surface area contributed by atoms with Gasteiger partial charge in [-0.2, -0.15) is 10.4 Å². The molecule has 1 aliphatic heterocycles. The van der Waals surface area contributed by atoms with Crippen molar-refractivity contribution in [1.82, 2.24) is 14.7 Å². The van der Waals surface area contributed by atoms with Gasteiger partial charge < -0.3 is 0 Å². The average molecular weight is 272 g/mol. The fourth-order valence-electron chi connectivity index (χ4n) is 3.54. The van der Waals surface area contributed by atoms with Crippen LogP contribution in [0.25, 0.3) is 0 Å². The fraction of sp³-hybridized carbons (Fsp3) is 0.750. The topological polar surface area (TPSA) is 44.9 Å². The van der Waals surface area contributed by atoms with Crippen molar-refractivity contribution in [2.75, 3.05) is 13.1 Å². The van der Waals surface area contributed by atoms with E-state index in [2.05, 4.69) is 27.9 Å². The average Bonchev–Trinajstić information content (AvgIpc) is 2.97. The van der Waals surface area contributed by atoms with E-state index in [0.717, 1.165) is 38.2 Å². The number of aromatic nitrogens is 2. The van der Waals surface area contributed by atoms with E-state index in [0.29, 0.717) is 6.04 Å². The molecule has 1 aliphatic carbocycles. The quantitative estimate of drug-likeness (QED) is 0.849. The minimum Gasteiger partial charge on any atom is -0.296 e. The Bertz CT molecular complexity index is 467. The first-order chi connectivity index (χ1) is 9.85. The van der Waals surface area contributed by atoms with Crippen molar-refractivity contribution < 1.29 is 0 Å². The Morgan fingerprint density at radius 3 is 2.85 bits per heavy atom. The molecule has 0 bridgehead atoms. The van der Waals surface area contributed by atoms with Crippen LogP contribution in [0.4, 0.5) is 0 Å². The summed E-state index contributed by atoms with van der Waals surface area (Å²) in [4.78, 5) is 2.38. The molecule has 1 saturated carbocycles. The molecule has 1 saturated heterocycles. The van der Waals surface area contributed by atoms with Gasteiger partial charge in [0.15, 0.2) is 0 Å². The van der Waals surface area contributed by atoms with Gasteiger partial charge in [0.2, 0.25) is 0 Å². The standard InChI is InChI=1S/C16H24N4/c17-11-14-5-4-9-19(12-14)13-15-8-10-20(18-15)16-6-2-1-3-7-16/h8,10,14,16H,1-7,9,12-13H2. The van der Waals surface area contributed by atoms with Gasteiger partial charge in [0.1, 0.15) is 0 Å². The SMILES string of the molecule is N#CC1CCCN(Cc2ccn(C3CCCCC3)n2)C1. The molecule has 1 unspecified atom stereocenters. The molecule has 2 heterocycles. The van der Waals surface area contributed by atoms with Crippen LogP contribution < -0.4 is 0 Å². The number of rotatable bonds is 3. The van der Waals surface area contributed by atoms with Crippen LogP contribution in [-0.4, -0.2) is 27.8 Å². The van der Waals surface area contributed by atoms with Crippen LogP contribution in [0.1, 0.15) is 56.7 Å². The molecule has 1 aromatic rings. The number of hydrogen-bond acceptors (Lipinski definition) is 3. The van der Waals surface area contributed by atoms with E-state index >= 15 is 0 Å². The van der Waals surface area contributed by atoms with Crippen LogP contribution in [0.3, 0.4) is 0 Å². The smallest absolute Gasteiger partial charge is 0.0764 e. The van der Waals surface area contributed by atoms with E-state index in [1.165, 1.54) is 32.1 Å². The van der Waals surface area contributed by atoms with E-state index < -0.39 is 0 Å². The Morgan fingerprint density at radius 1 is 1.20 bits per heavy atom. The van der Waals surface area contributed by atoms with Gasteiger partial charge in [-0.15, -0.1) is 0 Å². The highest BCUT2D eigenvalue weighted by Crippen LogP contribution is 2.27. The first-order valence-electron chi connectivity index (χ1n) is 8.01. The molecule has 1 atom stereocenters. The molecule has 20 heavy (non-hydrogen) atoms. The summed E-state index contributed by atoms with van der Waals surface area (Å²) in [6, 6.07) is 5.18. The van der Waals surface area contributed by atoms with Gasteiger partial charge >= 0.3 is 0 Å². The summed E-state index contributed by atoms with van der Waals surface area (Å²) < 4.78 is 2.18. The normalized spacial score (nSPS) is 25.4. The third-order valence-corrected chi connectivity index (χ3v) is 4.69. The van der Waals surface area contributed by atoms with Crippen LogP contribution >= 0.6 is 0 Å². The van der Waals surface area contributed by atoms with Crippen LogP contribution in [0.5, 0.6) is 0 Å². The Morgan fingerprint density at radius 2 is 2.05 bits per heavy atom. The minimum atomic E-state index is 0.212. The molecule has 3 rings (SSSR count). The summed E-state index contributed by atoms with van der Waals surface area (Å²) in [6.07, 6.45) is 11.0. The predicted molar refractivity (Wildman–Crippen MR) is 78.0 cm³/mol. The Hall–Kier alpha value is -1.34. The summed E-state index contributed by atoms with van der Waals surface area (Å²) in [5, 5.41) is 13.8. The third-order valence-electron chi connectivity index (χ3n) is 4.69. The molecule has 108 valence electrons. The van der Waals surface area contributed by atoms with E-state index in [4.69, 9.17) is 10.4 Å². The molecule has 2 fully saturated rings. The molecule has 0 amide bonds. The van der Waals surface area contributed by atoms with E-state index in [9.17, 15) is 0 Å². The second kappa shape index (κ2) is 6.41. The highest BCUT2D eigenvalue weighted by atomic mass is 15.3. The Labute approximate surface area is 121 Å². The maximum Gasteiger partial charge on any atom is 0.0764 e. The van der Waals surface area contributed by atoms with Gasteiger partial charge in [-0.05, 0) is 38.3 Å². The van der Waals surface area contributed by atoms with Crippen molar-refractivity contribution in [2.24, 2.45) is 5.92 Å². The zero-order chi connectivity index (χ0) is 13.8.